The highest BCUT2D eigenvalue weighted by Crippen LogP contribution is 2.04. The van der Waals surface area contributed by atoms with Crippen molar-refractivity contribution in [1.82, 2.24) is 10.3 Å². The molecule has 0 aliphatic carbocycles. The van der Waals surface area contributed by atoms with Gasteiger partial charge in [-0.25, -0.2) is 5.84 Å². The highest BCUT2D eigenvalue weighted by molar-refractivity contribution is 5.79. The Bertz CT molecular complexity index is 177. The average molecular weight is 214 g/mol. The van der Waals surface area contributed by atoms with Crippen LogP contribution in [-0.4, -0.2) is 30.5 Å². The van der Waals surface area contributed by atoms with Gasteiger partial charge in [-0.15, -0.1) is 0 Å². The zero-order chi connectivity index (χ0) is 11.8. The second-order valence-electron chi connectivity index (χ2n) is 4.63. The molecule has 0 spiro atoms. The van der Waals surface area contributed by atoms with Crippen LogP contribution >= 0.6 is 0 Å². The minimum Gasteiger partial charge on any atom is -0.341 e. The number of guanidine groups is 1. The van der Waals surface area contributed by atoms with Crippen LogP contribution in [0, 0.1) is 11.8 Å². The number of rotatable bonds is 5. The molecule has 15 heavy (non-hydrogen) atoms. The van der Waals surface area contributed by atoms with E-state index >= 15 is 0 Å². The minimum absolute atomic E-state index is 0.610. The van der Waals surface area contributed by atoms with Gasteiger partial charge in [0.1, 0.15) is 0 Å². The van der Waals surface area contributed by atoms with Crippen molar-refractivity contribution in [2.24, 2.45) is 22.7 Å². The Morgan fingerprint density at radius 3 is 1.93 bits per heavy atom. The summed E-state index contributed by atoms with van der Waals surface area (Å²) in [6, 6.07) is 0. The summed E-state index contributed by atoms with van der Waals surface area (Å²) in [7, 11) is 0. The molecule has 0 bridgehead atoms. The first kappa shape index (κ1) is 14.2. The minimum atomic E-state index is 0.610. The number of hydrazine groups is 1. The van der Waals surface area contributed by atoms with Crippen molar-refractivity contribution >= 4 is 5.96 Å². The van der Waals surface area contributed by atoms with E-state index < -0.39 is 0 Å². The van der Waals surface area contributed by atoms with Gasteiger partial charge in [-0.05, 0) is 18.8 Å². The van der Waals surface area contributed by atoms with E-state index in [1.54, 1.807) is 0 Å². The van der Waals surface area contributed by atoms with Gasteiger partial charge in [0.15, 0.2) is 0 Å². The first-order chi connectivity index (χ1) is 7.01. The Balaban J connectivity index is 4.50. The zero-order valence-corrected chi connectivity index (χ0v) is 10.7. The maximum atomic E-state index is 5.49. The quantitative estimate of drug-likeness (QED) is 0.315. The Labute approximate surface area is 93.9 Å². The van der Waals surface area contributed by atoms with Gasteiger partial charge in [0, 0.05) is 19.6 Å². The van der Waals surface area contributed by atoms with Crippen LogP contribution in [0.15, 0.2) is 4.99 Å². The number of hydrogen-bond acceptors (Lipinski definition) is 2. The van der Waals surface area contributed by atoms with Crippen LogP contribution in [0.4, 0.5) is 0 Å². The van der Waals surface area contributed by atoms with Gasteiger partial charge < -0.3 is 4.90 Å². The number of nitrogens with two attached hydrogens (primary N) is 1. The lowest BCUT2D eigenvalue weighted by atomic mass is 10.1. The molecule has 4 nitrogen and oxygen atoms in total. The second kappa shape index (κ2) is 7.51. The van der Waals surface area contributed by atoms with E-state index in [4.69, 9.17) is 5.84 Å². The molecule has 0 aromatic carbocycles. The molecule has 0 aliphatic heterocycles. The number of hydrogen-bond donors (Lipinski definition) is 2. The summed E-state index contributed by atoms with van der Waals surface area (Å²) in [5.74, 6) is 7.51. The van der Waals surface area contributed by atoms with E-state index in [9.17, 15) is 0 Å². The van der Waals surface area contributed by atoms with Crippen molar-refractivity contribution in [2.45, 2.75) is 34.6 Å². The van der Waals surface area contributed by atoms with Crippen molar-refractivity contribution in [3.8, 4) is 0 Å². The van der Waals surface area contributed by atoms with Gasteiger partial charge in [0.05, 0.1) is 0 Å². The van der Waals surface area contributed by atoms with E-state index in [2.05, 4.69) is 43.0 Å². The first-order valence-electron chi connectivity index (χ1n) is 5.77. The Morgan fingerprint density at radius 1 is 1.20 bits per heavy atom. The predicted octanol–water partition coefficient (Wildman–Crippen LogP) is 1.44. The maximum Gasteiger partial charge on any atom is 0.208 e. The molecule has 3 N–H and O–H groups in total. The molecule has 0 rings (SSSR count). The molecule has 0 fully saturated rings. The molecular formula is C11H26N4. The van der Waals surface area contributed by atoms with Crippen molar-refractivity contribution < 1.29 is 0 Å². The van der Waals surface area contributed by atoms with E-state index in [-0.39, 0.29) is 0 Å². The summed E-state index contributed by atoms with van der Waals surface area (Å²) in [5, 5.41) is 0. The Kier molecular flexibility index (Phi) is 7.13. The molecule has 0 atom stereocenters. The van der Waals surface area contributed by atoms with E-state index in [1.807, 2.05) is 6.92 Å². The molecule has 0 aromatic rings. The van der Waals surface area contributed by atoms with Crippen LogP contribution in [-0.2, 0) is 0 Å². The fourth-order valence-corrected chi connectivity index (χ4v) is 1.52. The van der Waals surface area contributed by atoms with Gasteiger partial charge in [-0.3, -0.25) is 10.4 Å². The molecule has 90 valence electrons. The SMILES string of the molecule is CCN=C(NN)N(CC(C)C)CC(C)C. The van der Waals surface area contributed by atoms with E-state index in [0.29, 0.717) is 11.8 Å². The average Bonchev–Trinajstić information content (AvgIpc) is 2.11. The smallest absolute Gasteiger partial charge is 0.208 e. The molecule has 0 unspecified atom stereocenters. The molecule has 0 aromatic heterocycles. The van der Waals surface area contributed by atoms with Gasteiger partial charge >= 0.3 is 0 Å². The Morgan fingerprint density at radius 2 is 1.67 bits per heavy atom. The number of nitrogens with one attached hydrogen (secondary N) is 1. The van der Waals surface area contributed by atoms with Crippen molar-refractivity contribution in [3.05, 3.63) is 0 Å². The van der Waals surface area contributed by atoms with E-state index in [1.165, 1.54) is 0 Å². The lowest BCUT2D eigenvalue weighted by Crippen LogP contribution is -2.47. The normalized spacial score (nSPS) is 12.4. The third-order valence-electron chi connectivity index (χ3n) is 1.91. The van der Waals surface area contributed by atoms with Crippen molar-refractivity contribution in [1.29, 1.82) is 0 Å². The monoisotopic (exact) mass is 214 g/mol. The number of nitrogens with zero attached hydrogens (tertiary/aromatic N) is 2. The topological polar surface area (TPSA) is 53.6 Å². The second-order valence-corrected chi connectivity index (χ2v) is 4.63. The fraction of sp³-hybridized carbons (Fsp3) is 0.909. The highest BCUT2D eigenvalue weighted by Gasteiger charge is 2.12. The molecule has 0 saturated carbocycles. The van der Waals surface area contributed by atoms with Crippen molar-refractivity contribution in [3.63, 3.8) is 0 Å². The number of aliphatic imine (C=N–C) groups is 1. The molecule has 4 heteroatoms. The summed E-state index contributed by atoms with van der Waals surface area (Å²) in [4.78, 5) is 6.58. The van der Waals surface area contributed by atoms with Crippen LogP contribution in [0.2, 0.25) is 0 Å². The van der Waals surface area contributed by atoms with Gasteiger partial charge in [-0.1, -0.05) is 27.7 Å². The largest absolute Gasteiger partial charge is 0.341 e. The summed E-state index contributed by atoms with van der Waals surface area (Å²) in [5.41, 5.74) is 2.69. The summed E-state index contributed by atoms with van der Waals surface area (Å²) in [6.45, 7) is 13.6. The van der Waals surface area contributed by atoms with Crippen molar-refractivity contribution in [2.75, 3.05) is 19.6 Å². The standard InChI is InChI=1S/C11H26N4/c1-6-13-11(14-12)15(7-9(2)3)8-10(4)5/h9-10H,6-8,12H2,1-5H3,(H,13,14). The molecule has 0 amide bonds. The third-order valence-corrected chi connectivity index (χ3v) is 1.91. The summed E-state index contributed by atoms with van der Waals surface area (Å²) < 4.78 is 0. The fourth-order valence-electron chi connectivity index (χ4n) is 1.52. The van der Waals surface area contributed by atoms with Crippen LogP contribution in [0.25, 0.3) is 0 Å². The molecule has 0 radical (unpaired) electrons. The highest BCUT2D eigenvalue weighted by atomic mass is 15.4. The van der Waals surface area contributed by atoms with Gasteiger partial charge in [0.2, 0.25) is 5.96 Å². The third kappa shape index (κ3) is 6.33. The Hall–Kier alpha value is -0.770. The first-order valence-corrected chi connectivity index (χ1v) is 5.77. The van der Waals surface area contributed by atoms with Crippen LogP contribution < -0.4 is 11.3 Å². The summed E-state index contributed by atoms with van der Waals surface area (Å²) in [6.07, 6.45) is 0. The molecule has 0 saturated heterocycles. The lowest BCUT2D eigenvalue weighted by molar-refractivity contribution is 0.318. The van der Waals surface area contributed by atoms with Crippen LogP contribution in [0.5, 0.6) is 0 Å². The van der Waals surface area contributed by atoms with Gasteiger partial charge in [0.25, 0.3) is 0 Å². The van der Waals surface area contributed by atoms with E-state index in [0.717, 1.165) is 25.6 Å². The molecular weight excluding hydrogens is 188 g/mol. The van der Waals surface area contributed by atoms with Gasteiger partial charge in [-0.2, -0.15) is 0 Å². The molecule has 0 heterocycles. The predicted molar refractivity (Wildman–Crippen MR) is 66.5 cm³/mol. The van der Waals surface area contributed by atoms with Crippen LogP contribution in [0.1, 0.15) is 34.6 Å². The molecule has 0 aliphatic rings. The lowest BCUT2D eigenvalue weighted by Gasteiger charge is -2.28. The van der Waals surface area contributed by atoms with Crippen LogP contribution in [0.3, 0.4) is 0 Å². The maximum absolute atomic E-state index is 5.49. The summed E-state index contributed by atoms with van der Waals surface area (Å²) >= 11 is 0. The zero-order valence-electron chi connectivity index (χ0n) is 10.7.